The van der Waals surface area contributed by atoms with E-state index >= 15 is 0 Å². The number of ether oxygens (including phenoxy) is 1. The van der Waals surface area contributed by atoms with Crippen molar-refractivity contribution in [3.05, 3.63) is 48.9 Å². The molecule has 0 unspecified atom stereocenters. The van der Waals surface area contributed by atoms with Crippen molar-refractivity contribution in [2.75, 3.05) is 23.8 Å². The monoisotopic (exact) mass is 521 g/mol. The van der Waals surface area contributed by atoms with Gasteiger partial charge in [0.1, 0.15) is 17.4 Å². The number of nitrogens with zero attached hydrogens (tertiary/aromatic N) is 6. The molecule has 1 saturated heterocycles. The Kier molecular flexibility index (Phi) is 5.71. The van der Waals surface area contributed by atoms with Crippen LogP contribution in [0.1, 0.15) is 45.6 Å². The molecule has 1 amide bonds. The molecule has 38 heavy (non-hydrogen) atoms. The van der Waals surface area contributed by atoms with Gasteiger partial charge in [0.05, 0.1) is 24.0 Å². The predicted octanol–water partition coefficient (Wildman–Crippen LogP) is 4.73. The number of hydrogen-bond donors (Lipinski definition) is 1. The number of fused-ring (bicyclic) bond motifs is 1. The van der Waals surface area contributed by atoms with Gasteiger partial charge in [-0.15, -0.1) is 0 Å². The third-order valence-electron chi connectivity index (χ3n) is 7.55. The van der Waals surface area contributed by atoms with Crippen LogP contribution in [-0.2, 0) is 9.53 Å². The Balaban J connectivity index is 1.44. The van der Waals surface area contributed by atoms with Crippen molar-refractivity contribution in [3.8, 4) is 22.5 Å². The number of amides is 1. The van der Waals surface area contributed by atoms with E-state index in [4.69, 9.17) is 10.5 Å². The van der Waals surface area contributed by atoms with Gasteiger partial charge in [0.2, 0.25) is 5.92 Å². The molecule has 0 radical (unpaired) electrons. The Morgan fingerprint density at radius 2 is 1.87 bits per heavy atom. The Bertz CT molecular complexity index is 1520. The molecule has 0 atom stereocenters. The third kappa shape index (κ3) is 4.10. The molecule has 9 nitrogen and oxygen atoms in total. The molecule has 6 rings (SSSR count). The number of anilines is 2. The first kappa shape index (κ1) is 24.5. The molecule has 2 aliphatic rings. The number of carbonyl (C=O) groups excluding carboxylic acids is 1. The maximum atomic E-state index is 13.8. The summed E-state index contributed by atoms with van der Waals surface area (Å²) in [5.74, 6) is -2.43. The molecule has 198 valence electrons. The largest absolute Gasteiger partial charge is 0.382 e. The maximum Gasteiger partial charge on any atom is 0.258 e. The standard InChI is InChI=1S/C27H29F2N7O2/c1-26(2)25(37)34(12-13-38-26)19-5-3-4-17(14-19)22-15-20(23-24(30)31-16-33-36(22)23)21-8-11-32-35(21)18-6-9-27(28,29)10-7-18/h3-5,8,11,14-16,18H,6-7,9-10,12-13H2,1-2H3,(H2,30,31,33). The lowest BCUT2D eigenvalue weighted by molar-refractivity contribution is -0.144. The second-order valence-corrected chi connectivity index (χ2v) is 10.5. The van der Waals surface area contributed by atoms with Gasteiger partial charge in [0.25, 0.3) is 5.91 Å². The van der Waals surface area contributed by atoms with Gasteiger partial charge in [-0.3, -0.25) is 9.48 Å². The van der Waals surface area contributed by atoms with E-state index in [2.05, 4.69) is 15.2 Å². The lowest BCUT2D eigenvalue weighted by Gasteiger charge is -2.37. The van der Waals surface area contributed by atoms with Crippen molar-refractivity contribution in [1.82, 2.24) is 24.4 Å². The van der Waals surface area contributed by atoms with E-state index < -0.39 is 11.5 Å². The van der Waals surface area contributed by atoms with E-state index in [-0.39, 0.29) is 24.8 Å². The highest BCUT2D eigenvalue weighted by Crippen LogP contribution is 2.42. The quantitative estimate of drug-likeness (QED) is 0.416. The van der Waals surface area contributed by atoms with Crippen molar-refractivity contribution in [1.29, 1.82) is 0 Å². The maximum absolute atomic E-state index is 13.8. The number of carbonyl (C=O) groups is 1. The summed E-state index contributed by atoms with van der Waals surface area (Å²) in [6.07, 6.45) is 3.45. The van der Waals surface area contributed by atoms with E-state index in [9.17, 15) is 13.6 Å². The summed E-state index contributed by atoms with van der Waals surface area (Å²) < 4.78 is 36.9. The Morgan fingerprint density at radius 1 is 1.08 bits per heavy atom. The molecule has 0 bridgehead atoms. The van der Waals surface area contributed by atoms with Gasteiger partial charge in [0, 0.05) is 42.4 Å². The molecule has 2 fully saturated rings. The highest BCUT2D eigenvalue weighted by molar-refractivity contribution is 6.00. The lowest BCUT2D eigenvalue weighted by atomic mass is 9.92. The van der Waals surface area contributed by atoms with Crippen LogP contribution in [0.4, 0.5) is 20.3 Å². The van der Waals surface area contributed by atoms with Crippen molar-refractivity contribution < 1.29 is 18.3 Å². The number of nitrogen functional groups attached to an aromatic ring is 1. The summed E-state index contributed by atoms with van der Waals surface area (Å²) in [6, 6.07) is 11.4. The van der Waals surface area contributed by atoms with Gasteiger partial charge < -0.3 is 15.4 Å². The fraction of sp³-hybridized carbons (Fsp3) is 0.407. The molecule has 1 aromatic carbocycles. The molecule has 11 heteroatoms. The van der Waals surface area contributed by atoms with Gasteiger partial charge in [0.15, 0.2) is 5.82 Å². The first-order valence-electron chi connectivity index (χ1n) is 12.7. The van der Waals surface area contributed by atoms with Crippen LogP contribution in [0.3, 0.4) is 0 Å². The van der Waals surface area contributed by atoms with E-state index in [1.807, 2.05) is 41.1 Å². The van der Waals surface area contributed by atoms with Crippen LogP contribution in [0.5, 0.6) is 0 Å². The second kappa shape index (κ2) is 8.87. The van der Waals surface area contributed by atoms with Gasteiger partial charge in [-0.25, -0.2) is 18.3 Å². The molecule has 4 heterocycles. The topological polar surface area (TPSA) is 104 Å². The fourth-order valence-electron chi connectivity index (χ4n) is 5.52. The Hall–Kier alpha value is -3.86. The molecular weight excluding hydrogens is 492 g/mol. The molecule has 1 saturated carbocycles. The van der Waals surface area contributed by atoms with Gasteiger partial charge in [-0.2, -0.15) is 10.2 Å². The number of aromatic nitrogens is 5. The fourth-order valence-corrected chi connectivity index (χ4v) is 5.52. The number of rotatable bonds is 4. The van der Waals surface area contributed by atoms with Gasteiger partial charge in [-0.1, -0.05) is 12.1 Å². The first-order valence-corrected chi connectivity index (χ1v) is 12.7. The van der Waals surface area contributed by atoms with Gasteiger partial charge >= 0.3 is 0 Å². The summed E-state index contributed by atoms with van der Waals surface area (Å²) in [4.78, 5) is 19.0. The molecule has 1 aliphatic heterocycles. The van der Waals surface area contributed by atoms with Crippen LogP contribution >= 0.6 is 0 Å². The van der Waals surface area contributed by atoms with E-state index in [0.29, 0.717) is 37.3 Å². The number of nitrogens with two attached hydrogens (primary N) is 1. The summed E-state index contributed by atoms with van der Waals surface area (Å²) in [7, 11) is 0. The summed E-state index contributed by atoms with van der Waals surface area (Å²) in [5, 5.41) is 8.99. The summed E-state index contributed by atoms with van der Waals surface area (Å²) in [6.45, 7) is 4.45. The average molecular weight is 522 g/mol. The molecule has 2 N–H and O–H groups in total. The molecular formula is C27H29F2N7O2. The highest BCUT2D eigenvalue weighted by atomic mass is 19.3. The zero-order valence-corrected chi connectivity index (χ0v) is 21.3. The number of halogens is 2. The van der Waals surface area contributed by atoms with Crippen LogP contribution in [0, 0.1) is 0 Å². The van der Waals surface area contributed by atoms with Crippen LogP contribution < -0.4 is 10.6 Å². The average Bonchev–Trinajstić information content (AvgIpc) is 3.51. The molecule has 1 aliphatic carbocycles. The van der Waals surface area contributed by atoms with Crippen LogP contribution in [0.15, 0.2) is 48.9 Å². The van der Waals surface area contributed by atoms with E-state index in [1.54, 1.807) is 29.5 Å². The lowest BCUT2D eigenvalue weighted by Crippen LogP contribution is -2.53. The smallest absolute Gasteiger partial charge is 0.258 e. The van der Waals surface area contributed by atoms with Crippen molar-refractivity contribution >= 4 is 22.9 Å². The third-order valence-corrected chi connectivity index (χ3v) is 7.55. The Labute approximate surface area is 218 Å². The van der Waals surface area contributed by atoms with Crippen molar-refractivity contribution in [2.24, 2.45) is 0 Å². The zero-order valence-electron chi connectivity index (χ0n) is 21.3. The number of benzene rings is 1. The van der Waals surface area contributed by atoms with Crippen molar-refractivity contribution in [3.63, 3.8) is 0 Å². The first-order chi connectivity index (χ1) is 18.1. The van der Waals surface area contributed by atoms with Gasteiger partial charge in [-0.05, 0) is 51.0 Å². The zero-order chi connectivity index (χ0) is 26.7. The van der Waals surface area contributed by atoms with E-state index in [0.717, 1.165) is 28.2 Å². The van der Waals surface area contributed by atoms with Crippen LogP contribution in [0.2, 0.25) is 0 Å². The summed E-state index contributed by atoms with van der Waals surface area (Å²) >= 11 is 0. The minimum absolute atomic E-state index is 0.102. The SMILES string of the molecule is CC1(C)OCCN(c2cccc(-c3cc(-c4ccnn4C4CCC(F)(F)CC4)c4c(N)ncnn34)c2)C1=O. The molecule has 4 aromatic rings. The van der Waals surface area contributed by atoms with Crippen molar-refractivity contribution in [2.45, 2.75) is 57.1 Å². The molecule has 3 aromatic heterocycles. The normalized spacial score (nSPS) is 19.8. The van der Waals surface area contributed by atoms with E-state index in [1.165, 1.54) is 6.33 Å². The predicted molar refractivity (Wildman–Crippen MR) is 139 cm³/mol. The highest BCUT2D eigenvalue weighted by Gasteiger charge is 2.38. The number of alkyl halides is 2. The summed E-state index contributed by atoms with van der Waals surface area (Å²) in [5.41, 5.74) is 9.95. The minimum atomic E-state index is -2.62. The second-order valence-electron chi connectivity index (χ2n) is 10.5. The number of morpholine rings is 1. The van der Waals surface area contributed by atoms with Crippen LogP contribution in [0.25, 0.3) is 28.0 Å². The number of hydrogen-bond acceptors (Lipinski definition) is 6. The molecule has 0 spiro atoms. The Morgan fingerprint density at radius 3 is 2.66 bits per heavy atom. The minimum Gasteiger partial charge on any atom is -0.382 e. The van der Waals surface area contributed by atoms with Crippen LogP contribution in [-0.4, -0.2) is 55.0 Å².